The van der Waals surface area contributed by atoms with Crippen molar-refractivity contribution in [3.8, 4) is 11.8 Å². The number of rotatable bonds is 4. The van der Waals surface area contributed by atoms with Gasteiger partial charge in [0, 0.05) is 19.4 Å². The van der Waals surface area contributed by atoms with E-state index in [2.05, 4.69) is 5.10 Å². The molecule has 0 radical (unpaired) electrons. The number of carbonyl (C=O) groups excluding carboxylic acids is 2. The van der Waals surface area contributed by atoms with Gasteiger partial charge < -0.3 is 0 Å². The molecule has 2 aromatic rings. The second-order valence-electron chi connectivity index (χ2n) is 6.11. The van der Waals surface area contributed by atoms with Gasteiger partial charge in [0.05, 0.1) is 6.20 Å². The molecule has 6 nitrogen and oxygen atoms in total. The van der Waals surface area contributed by atoms with Crippen molar-refractivity contribution < 1.29 is 27.2 Å². The van der Waals surface area contributed by atoms with Crippen molar-refractivity contribution in [3.63, 3.8) is 0 Å². The van der Waals surface area contributed by atoms with E-state index >= 15 is 0 Å². The fourth-order valence-corrected chi connectivity index (χ4v) is 2.78. The van der Waals surface area contributed by atoms with E-state index in [4.69, 9.17) is 0 Å². The number of amides is 2. The van der Waals surface area contributed by atoms with Crippen molar-refractivity contribution in [2.45, 2.75) is 40.0 Å². The maximum absolute atomic E-state index is 14.7. The highest BCUT2D eigenvalue weighted by molar-refractivity contribution is 6.13. The third-order valence-electron chi connectivity index (χ3n) is 4.30. The largest absolute Gasteiger partial charge is 0.274 e. The number of nitrogens with zero attached hydrogens (tertiary/aromatic N) is 4. The standard InChI is InChI=1S/C18H16F4N4O2/c1-5-8(2)12-13(19)15(21)17(16(22)14(12)20)26-18(11(6-23)7-24-26)25(9(3)27)10(4)28/h7-8H,5H2,1-4H3. The summed E-state index contributed by atoms with van der Waals surface area (Å²) in [5.41, 5.74) is -2.42. The Labute approximate surface area is 158 Å². The number of benzene rings is 1. The molecule has 0 aliphatic rings. The van der Waals surface area contributed by atoms with Gasteiger partial charge in [-0.15, -0.1) is 0 Å². The minimum Gasteiger partial charge on any atom is -0.274 e. The monoisotopic (exact) mass is 396 g/mol. The lowest BCUT2D eigenvalue weighted by molar-refractivity contribution is -0.124. The third kappa shape index (κ3) is 3.24. The van der Waals surface area contributed by atoms with E-state index < -0.39 is 63.6 Å². The Morgan fingerprint density at radius 3 is 2.04 bits per heavy atom. The van der Waals surface area contributed by atoms with Crippen LogP contribution < -0.4 is 4.90 Å². The molecule has 0 bridgehead atoms. The zero-order valence-corrected chi connectivity index (χ0v) is 15.5. The lowest BCUT2D eigenvalue weighted by Crippen LogP contribution is -2.35. The predicted octanol–water partition coefficient (Wildman–Crippen LogP) is 3.71. The van der Waals surface area contributed by atoms with Crippen molar-refractivity contribution in [2.75, 3.05) is 4.90 Å². The average molecular weight is 396 g/mol. The van der Waals surface area contributed by atoms with Crippen LogP contribution in [0.25, 0.3) is 5.69 Å². The molecule has 0 fully saturated rings. The summed E-state index contributed by atoms with van der Waals surface area (Å²) in [6.45, 7) is 4.94. The van der Waals surface area contributed by atoms with Gasteiger partial charge in [-0.2, -0.15) is 10.4 Å². The Hall–Kier alpha value is -3.22. The number of hydrogen-bond acceptors (Lipinski definition) is 4. The second kappa shape index (κ2) is 7.80. The maximum atomic E-state index is 14.7. The molecule has 1 aromatic carbocycles. The molecule has 0 saturated carbocycles. The van der Waals surface area contributed by atoms with Gasteiger partial charge >= 0.3 is 0 Å². The predicted molar refractivity (Wildman–Crippen MR) is 90.7 cm³/mol. The smallest absolute Gasteiger partial charge is 0.231 e. The van der Waals surface area contributed by atoms with Crippen LogP contribution >= 0.6 is 0 Å². The minimum absolute atomic E-state index is 0.222. The first-order chi connectivity index (χ1) is 13.1. The van der Waals surface area contributed by atoms with Crippen LogP contribution in [0, 0.1) is 34.6 Å². The van der Waals surface area contributed by atoms with Crippen molar-refractivity contribution in [3.05, 3.63) is 40.6 Å². The summed E-state index contributed by atoms with van der Waals surface area (Å²) in [7, 11) is 0. The second-order valence-corrected chi connectivity index (χ2v) is 6.11. The lowest BCUT2D eigenvalue weighted by Gasteiger charge is -2.21. The molecule has 2 amide bonds. The first-order valence-electron chi connectivity index (χ1n) is 8.23. The lowest BCUT2D eigenvalue weighted by atomic mass is 9.96. The molecule has 0 saturated heterocycles. The van der Waals surface area contributed by atoms with Gasteiger partial charge in [0.15, 0.2) is 29.1 Å². The van der Waals surface area contributed by atoms with E-state index in [0.717, 1.165) is 20.0 Å². The number of imide groups is 1. The van der Waals surface area contributed by atoms with E-state index in [0.29, 0.717) is 9.58 Å². The van der Waals surface area contributed by atoms with Gasteiger partial charge in [-0.25, -0.2) is 27.1 Å². The normalized spacial score (nSPS) is 11.8. The minimum atomic E-state index is -1.75. The summed E-state index contributed by atoms with van der Waals surface area (Å²) in [5.74, 6) is -9.93. The highest BCUT2D eigenvalue weighted by Crippen LogP contribution is 2.35. The Morgan fingerprint density at radius 1 is 1.14 bits per heavy atom. The summed E-state index contributed by atoms with van der Waals surface area (Å²) >= 11 is 0. The molecule has 1 unspecified atom stereocenters. The Kier molecular flexibility index (Phi) is 5.87. The van der Waals surface area contributed by atoms with Gasteiger partial charge in [0.1, 0.15) is 17.3 Å². The number of hydrogen-bond donors (Lipinski definition) is 0. The van der Waals surface area contributed by atoms with Crippen LogP contribution in [-0.4, -0.2) is 21.6 Å². The number of carbonyl (C=O) groups is 2. The van der Waals surface area contributed by atoms with Crippen LogP contribution in [0.2, 0.25) is 0 Å². The summed E-state index contributed by atoms with van der Waals surface area (Å²) < 4.78 is 58.9. The van der Waals surface area contributed by atoms with Crippen LogP contribution in [0.15, 0.2) is 6.20 Å². The molecule has 1 heterocycles. The van der Waals surface area contributed by atoms with Crippen molar-refractivity contribution in [1.82, 2.24) is 9.78 Å². The highest BCUT2D eigenvalue weighted by atomic mass is 19.2. The number of halogens is 4. The van der Waals surface area contributed by atoms with Crippen LogP contribution in [0.5, 0.6) is 0 Å². The summed E-state index contributed by atoms with van der Waals surface area (Å²) in [6, 6.07) is 1.62. The summed E-state index contributed by atoms with van der Waals surface area (Å²) in [5, 5.41) is 12.8. The molecular weight excluding hydrogens is 380 g/mol. The van der Waals surface area contributed by atoms with E-state index in [1.165, 1.54) is 6.92 Å². The van der Waals surface area contributed by atoms with Crippen LogP contribution in [0.4, 0.5) is 23.4 Å². The molecule has 1 atom stereocenters. The summed E-state index contributed by atoms with van der Waals surface area (Å²) in [6.07, 6.45) is 1.05. The number of aromatic nitrogens is 2. The zero-order valence-electron chi connectivity index (χ0n) is 15.5. The fraction of sp³-hybridized carbons (Fsp3) is 0.333. The van der Waals surface area contributed by atoms with Gasteiger partial charge in [0.25, 0.3) is 0 Å². The van der Waals surface area contributed by atoms with Crippen molar-refractivity contribution >= 4 is 17.6 Å². The van der Waals surface area contributed by atoms with E-state index in [1.54, 1.807) is 13.0 Å². The molecule has 0 N–H and O–H groups in total. The third-order valence-corrected chi connectivity index (χ3v) is 4.30. The van der Waals surface area contributed by atoms with Crippen molar-refractivity contribution in [2.24, 2.45) is 0 Å². The Balaban J connectivity index is 2.92. The van der Waals surface area contributed by atoms with Gasteiger partial charge in [-0.1, -0.05) is 13.8 Å². The quantitative estimate of drug-likeness (QED) is 0.583. The van der Waals surface area contributed by atoms with Gasteiger partial charge in [0.2, 0.25) is 11.8 Å². The van der Waals surface area contributed by atoms with Gasteiger partial charge in [-0.05, 0) is 12.3 Å². The molecule has 148 valence electrons. The van der Waals surface area contributed by atoms with Gasteiger partial charge in [-0.3, -0.25) is 9.59 Å². The first-order valence-corrected chi connectivity index (χ1v) is 8.23. The molecule has 28 heavy (non-hydrogen) atoms. The molecule has 2 rings (SSSR count). The molecule has 0 spiro atoms. The molecule has 0 aliphatic heterocycles. The molecule has 0 aliphatic carbocycles. The van der Waals surface area contributed by atoms with Crippen LogP contribution in [-0.2, 0) is 9.59 Å². The molecule has 1 aromatic heterocycles. The van der Waals surface area contributed by atoms with E-state index in [9.17, 15) is 32.4 Å². The Bertz CT molecular complexity index is 967. The van der Waals surface area contributed by atoms with Crippen LogP contribution in [0.3, 0.4) is 0 Å². The number of anilines is 1. The van der Waals surface area contributed by atoms with E-state index in [-0.39, 0.29) is 6.42 Å². The van der Waals surface area contributed by atoms with E-state index in [1.807, 2.05) is 0 Å². The maximum Gasteiger partial charge on any atom is 0.231 e. The topological polar surface area (TPSA) is 79.0 Å². The SMILES string of the molecule is CCC(C)c1c(F)c(F)c(-n2ncc(C#N)c2N(C(C)=O)C(C)=O)c(F)c1F. The average Bonchev–Trinajstić information content (AvgIpc) is 3.03. The summed E-state index contributed by atoms with van der Waals surface area (Å²) in [4.78, 5) is 24.1. The molecule has 10 heteroatoms. The Morgan fingerprint density at radius 2 is 1.64 bits per heavy atom. The zero-order chi connectivity index (χ0) is 21.3. The fourth-order valence-electron chi connectivity index (χ4n) is 2.78. The first kappa shape index (κ1) is 21.1. The molecular formula is C18H16F4N4O2. The number of nitriles is 1. The highest BCUT2D eigenvalue weighted by Gasteiger charge is 2.33. The van der Waals surface area contributed by atoms with Crippen molar-refractivity contribution in [1.29, 1.82) is 5.26 Å². The van der Waals surface area contributed by atoms with Crippen LogP contribution in [0.1, 0.15) is 51.2 Å².